The van der Waals surface area contributed by atoms with Gasteiger partial charge in [-0.1, -0.05) is 17.7 Å². The van der Waals surface area contributed by atoms with E-state index in [1.54, 1.807) is 18.2 Å². The molecule has 0 unspecified atom stereocenters. The number of amides is 1. The number of carbonyl (C=O) groups is 1. The lowest BCUT2D eigenvalue weighted by Gasteiger charge is -2.47. The van der Waals surface area contributed by atoms with Gasteiger partial charge >= 0.3 is 6.09 Å². The molecule has 0 saturated carbocycles. The van der Waals surface area contributed by atoms with Crippen LogP contribution in [0.2, 0.25) is 5.02 Å². The lowest BCUT2D eigenvalue weighted by atomic mass is 9.86. The summed E-state index contributed by atoms with van der Waals surface area (Å²) in [5.41, 5.74) is 0.531. The molecule has 2 heterocycles. The zero-order valence-corrected chi connectivity index (χ0v) is 19.9. The SMILES string of the molecule is COc1cc2ncnc(Nc3cccc(Cl)c3F)c2cc1[C@]1(C)CN(C)CCN1C(=O)O.Cl. The molecule has 0 bridgehead atoms. The number of fused-ring (bicyclic) bond motifs is 1. The minimum absolute atomic E-state index is 0. The molecule has 1 amide bonds. The number of nitrogens with zero attached hydrogens (tertiary/aromatic N) is 4. The molecule has 3 aromatic rings. The number of halogens is 3. The van der Waals surface area contributed by atoms with Gasteiger partial charge in [0.05, 0.1) is 28.9 Å². The normalized spacial score (nSPS) is 18.6. The molecule has 1 atom stereocenters. The van der Waals surface area contributed by atoms with Crippen molar-refractivity contribution in [1.82, 2.24) is 19.8 Å². The van der Waals surface area contributed by atoms with Gasteiger partial charge in [-0.2, -0.15) is 0 Å². The third kappa shape index (κ3) is 4.48. The Morgan fingerprint density at radius 2 is 2.06 bits per heavy atom. The van der Waals surface area contributed by atoms with Gasteiger partial charge in [-0.25, -0.2) is 19.2 Å². The first kappa shape index (κ1) is 24.8. The molecule has 11 heteroatoms. The number of ether oxygens (including phenoxy) is 1. The summed E-state index contributed by atoms with van der Waals surface area (Å²) in [5, 5.41) is 13.5. The molecule has 1 saturated heterocycles. The first-order valence-corrected chi connectivity index (χ1v) is 10.4. The number of likely N-dealkylation sites (N-methyl/N-ethyl adjacent to an activating group) is 1. The second-order valence-electron chi connectivity index (χ2n) is 7.96. The van der Waals surface area contributed by atoms with E-state index in [4.69, 9.17) is 16.3 Å². The molecule has 1 aliphatic heterocycles. The van der Waals surface area contributed by atoms with Crippen LogP contribution in [-0.4, -0.2) is 64.8 Å². The molecule has 1 aromatic heterocycles. The summed E-state index contributed by atoms with van der Waals surface area (Å²) < 4.78 is 20.1. The molecule has 33 heavy (non-hydrogen) atoms. The number of piperazine rings is 1. The highest BCUT2D eigenvalue weighted by Crippen LogP contribution is 2.41. The Morgan fingerprint density at radius 3 is 2.76 bits per heavy atom. The van der Waals surface area contributed by atoms with Gasteiger partial charge in [0.2, 0.25) is 0 Å². The molecule has 8 nitrogen and oxygen atoms in total. The molecule has 0 spiro atoms. The number of anilines is 2. The van der Waals surface area contributed by atoms with Crippen molar-refractivity contribution >= 4 is 52.5 Å². The molecule has 0 aliphatic carbocycles. The molecule has 4 rings (SSSR count). The Labute approximate surface area is 201 Å². The molecule has 1 fully saturated rings. The maximum atomic E-state index is 14.5. The van der Waals surface area contributed by atoms with Crippen molar-refractivity contribution in [2.24, 2.45) is 0 Å². The number of methoxy groups -OCH3 is 1. The van der Waals surface area contributed by atoms with Gasteiger partial charge in [0, 0.05) is 36.7 Å². The van der Waals surface area contributed by atoms with E-state index in [1.807, 2.05) is 20.0 Å². The fraction of sp³-hybridized carbons (Fsp3) is 0.318. The predicted octanol–water partition coefficient (Wildman–Crippen LogP) is 4.74. The van der Waals surface area contributed by atoms with E-state index in [0.717, 1.165) is 0 Å². The largest absolute Gasteiger partial charge is 0.496 e. The van der Waals surface area contributed by atoms with Crippen LogP contribution in [0.15, 0.2) is 36.7 Å². The Hall–Kier alpha value is -2.88. The Kier molecular flexibility index (Phi) is 7.16. The zero-order valence-electron chi connectivity index (χ0n) is 18.3. The number of benzene rings is 2. The van der Waals surface area contributed by atoms with Crippen LogP contribution >= 0.6 is 24.0 Å². The Bertz CT molecular complexity index is 1200. The van der Waals surface area contributed by atoms with Crippen molar-refractivity contribution in [2.45, 2.75) is 12.5 Å². The second-order valence-corrected chi connectivity index (χ2v) is 8.37. The first-order valence-electron chi connectivity index (χ1n) is 9.98. The summed E-state index contributed by atoms with van der Waals surface area (Å²) in [6.45, 7) is 3.32. The van der Waals surface area contributed by atoms with E-state index in [-0.39, 0.29) is 23.1 Å². The van der Waals surface area contributed by atoms with Gasteiger partial charge in [0.1, 0.15) is 17.9 Å². The van der Waals surface area contributed by atoms with Crippen molar-refractivity contribution in [3.05, 3.63) is 53.1 Å². The van der Waals surface area contributed by atoms with Crippen LogP contribution in [0.4, 0.5) is 20.7 Å². The van der Waals surface area contributed by atoms with E-state index < -0.39 is 17.4 Å². The van der Waals surface area contributed by atoms with Crippen LogP contribution in [0.5, 0.6) is 5.75 Å². The predicted molar refractivity (Wildman–Crippen MR) is 128 cm³/mol. The summed E-state index contributed by atoms with van der Waals surface area (Å²) in [4.78, 5) is 24.2. The van der Waals surface area contributed by atoms with E-state index in [0.29, 0.717) is 47.7 Å². The summed E-state index contributed by atoms with van der Waals surface area (Å²) in [5.74, 6) is 0.294. The highest BCUT2D eigenvalue weighted by atomic mass is 35.5. The fourth-order valence-corrected chi connectivity index (χ4v) is 4.42. The number of hydrogen-bond donors (Lipinski definition) is 2. The van der Waals surface area contributed by atoms with Crippen LogP contribution in [0.25, 0.3) is 10.9 Å². The summed E-state index contributed by atoms with van der Waals surface area (Å²) in [6.07, 6.45) is 0.359. The molecule has 0 radical (unpaired) electrons. The zero-order chi connectivity index (χ0) is 23.0. The highest BCUT2D eigenvalue weighted by molar-refractivity contribution is 6.31. The van der Waals surface area contributed by atoms with Crippen molar-refractivity contribution in [3.8, 4) is 5.75 Å². The summed E-state index contributed by atoms with van der Waals surface area (Å²) >= 11 is 5.91. The highest BCUT2D eigenvalue weighted by Gasteiger charge is 2.43. The standard InChI is InChI=1S/C22H23ClFN5O3.ClH/c1-22(11-28(2)7-8-29(22)21(30)31)14-9-13-17(10-18(14)32-3)25-12-26-20(13)27-16-6-4-5-15(23)19(16)24;/h4-6,9-10,12H,7-8,11H2,1-3H3,(H,30,31)(H,25,26,27);1H/t22-;/m0./s1. The van der Waals surface area contributed by atoms with Crippen molar-refractivity contribution in [1.29, 1.82) is 0 Å². The smallest absolute Gasteiger partial charge is 0.408 e. The van der Waals surface area contributed by atoms with Crippen molar-refractivity contribution in [3.63, 3.8) is 0 Å². The van der Waals surface area contributed by atoms with Gasteiger partial charge < -0.3 is 20.1 Å². The third-order valence-corrected chi connectivity index (χ3v) is 6.14. The minimum atomic E-state index is -1.01. The van der Waals surface area contributed by atoms with Gasteiger partial charge in [-0.15, -0.1) is 12.4 Å². The third-order valence-electron chi connectivity index (χ3n) is 5.85. The molecule has 1 aliphatic rings. The van der Waals surface area contributed by atoms with E-state index in [2.05, 4.69) is 20.2 Å². The average Bonchev–Trinajstić information content (AvgIpc) is 2.75. The number of rotatable bonds is 4. The van der Waals surface area contributed by atoms with Crippen molar-refractivity contribution in [2.75, 3.05) is 39.1 Å². The van der Waals surface area contributed by atoms with Crippen LogP contribution in [0.1, 0.15) is 12.5 Å². The molecule has 2 aromatic carbocycles. The van der Waals surface area contributed by atoms with E-state index >= 15 is 0 Å². The number of hydrogen-bond acceptors (Lipinski definition) is 6. The summed E-state index contributed by atoms with van der Waals surface area (Å²) in [6, 6.07) is 8.21. The van der Waals surface area contributed by atoms with Crippen molar-refractivity contribution < 1.29 is 19.0 Å². The lowest BCUT2D eigenvalue weighted by molar-refractivity contribution is 0.0220. The first-order chi connectivity index (χ1) is 15.2. The van der Waals surface area contributed by atoms with Crippen LogP contribution < -0.4 is 10.1 Å². The Morgan fingerprint density at radius 1 is 1.30 bits per heavy atom. The van der Waals surface area contributed by atoms with Gasteiger partial charge in [-0.3, -0.25) is 4.90 Å². The Balaban J connectivity index is 0.00000306. The minimum Gasteiger partial charge on any atom is -0.496 e. The molecular formula is C22H24Cl2FN5O3. The molecular weight excluding hydrogens is 472 g/mol. The van der Waals surface area contributed by atoms with Crippen LogP contribution in [0.3, 0.4) is 0 Å². The monoisotopic (exact) mass is 495 g/mol. The summed E-state index contributed by atoms with van der Waals surface area (Å²) in [7, 11) is 3.48. The maximum absolute atomic E-state index is 14.5. The van der Waals surface area contributed by atoms with E-state index in [9.17, 15) is 14.3 Å². The second kappa shape index (κ2) is 9.54. The van der Waals surface area contributed by atoms with E-state index in [1.165, 1.54) is 24.4 Å². The topological polar surface area (TPSA) is 90.8 Å². The number of aromatic nitrogens is 2. The lowest BCUT2D eigenvalue weighted by Crippen LogP contribution is -2.59. The quantitative estimate of drug-likeness (QED) is 0.540. The van der Waals surface area contributed by atoms with Crippen LogP contribution in [0, 0.1) is 5.82 Å². The number of carboxylic acid groups (broad SMARTS) is 1. The number of nitrogens with one attached hydrogen (secondary N) is 1. The average molecular weight is 496 g/mol. The fourth-order valence-electron chi connectivity index (χ4n) is 4.25. The molecule has 176 valence electrons. The van der Waals surface area contributed by atoms with Crippen LogP contribution in [-0.2, 0) is 5.54 Å². The van der Waals surface area contributed by atoms with Gasteiger partial charge in [0.15, 0.2) is 5.82 Å². The maximum Gasteiger partial charge on any atom is 0.408 e. The molecule has 2 N–H and O–H groups in total. The van der Waals surface area contributed by atoms with Gasteiger partial charge in [0.25, 0.3) is 0 Å². The van der Waals surface area contributed by atoms with Gasteiger partial charge in [-0.05, 0) is 32.2 Å².